The van der Waals surface area contributed by atoms with Gasteiger partial charge < -0.3 is 0 Å². The van der Waals surface area contributed by atoms with Crippen LogP contribution in [0.3, 0.4) is 0 Å². The quantitative estimate of drug-likeness (QED) is 0.542. The molecule has 2 fully saturated rings. The van der Waals surface area contributed by atoms with Gasteiger partial charge in [-0.1, -0.05) is 0 Å². The monoisotopic (exact) mass is 482 g/mol. The Labute approximate surface area is 152 Å². The van der Waals surface area contributed by atoms with Gasteiger partial charge in [-0.05, 0) is 0 Å². The van der Waals surface area contributed by atoms with Crippen LogP contribution in [0, 0.1) is 34.5 Å². The van der Waals surface area contributed by atoms with Crippen molar-refractivity contribution in [1.82, 2.24) is 0 Å². The first-order chi connectivity index (χ1) is 10.8. The zero-order valence-electron chi connectivity index (χ0n) is 14.9. The summed E-state index contributed by atoms with van der Waals surface area (Å²) < 4.78 is 1.73. The van der Waals surface area contributed by atoms with E-state index in [4.69, 9.17) is 0 Å². The number of hydrogen-bond donors (Lipinski definition) is 1. The molecule has 0 aromatic carbocycles. The fraction of sp³-hybridized carbons (Fsp3) is 0.762. The van der Waals surface area contributed by atoms with Gasteiger partial charge >= 0.3 is 152 Å². The molecule has 0 amide bonds. The van der Waals surface area contributed by atoms with Gasteiger partial charge in [0.1, 0.15) is 0 Å². The van der Waals surface area contributed by atoms with Crippen molar-refractivity contribution in [3.63, 3.8) is 0 Å². The number of aliphatic hydroxyl groups is 1. The third-order valence-electron chi connectivity index (χ3n) is 7.95. The molecule has 0 heterocycles. The van der Waals surface area contributed by atoms with Gasteiger partial charge in [-0.25, -0.2) is 0 Å². The Hall–Kier alpha value is -0.00169. The van der Waals surface area contributed by atoms with Gasteiger partial charge in [0.15, 0.2) is 0 Å². The predicted molar refractivity (Wildman–Crippen MR) is 91.8 cm³/mol. The molecule has 4 aliphatic rings. The van der Waals surface area contributed by atoms with Crippen LogP contribution in [0.1, 0.15) is 59.8 Å². The third-order valence-corrected chi connectivity index (χ3v) is 10.4. The summed E-state index contributed by atoms with van der Waals surface area (Å²) in [6, 6.07) is 0. The molecule has 0 aliphatic heterocycles. The van der Waals surface area contributed by atoms with Gasteiger partial charge in [0.2, 0.25) is 0 Å². The molecule has 23 heavy (non-hydrogen) atoms. The number of aliphatic hydroxyl groups excluding tert-OH is 1. The van der Waals surface area contributed by atoms with Gasteiger partial charge in [-0.2, -0.15) is 0 Å². The average Bonchev–Trinajstić information content (AvgIpc) is 2.76. The van der Waals surface area contributed by atoms with Crippen molar-refractivity contribution >= 4 is 3.90 Å². The van der Waals surface area contributed by atoms with Crippen molar-refractivity contribution in [2.45, 2.75) is 65.9 Å². The van der Waals surface area contributed by atoms with E-state index in [0.717, 1.165) is 12.3 Å². The van der Waals surface area contributed by atoms with E-state index in [0.29, 0.717) is 23.2 Å². The summed E-state index contributed by atoms with van der Waals surface area (Å²) in [5, 5.41) is 11.3. The Morgan fingerprint density at radius 3 is 2.70 bits per heavy atom. The molecule has 7 atom stereocenters. The van der Waals surface area contributed by atoms with Crippen LogP contribution in [0.15, 0.2) is 23.3 Å². The predicted octanol–water partition coefficient (Wildman–Crippen LogP) is 4.44. The van der Waals surface area contributed by atoms with Gasteiger partial charge in [0.25, 0.3) is 0 Å². The maximum atomic E-state index is 11.3. The van der Waals surface area contributed by atoms with E-state index in [1.165, 1.54) is 36.8 Å². The second kappa shape index (κ2) is 5.25. The first kappa shape index (κ1) is 16.5. The van der Waals surface area contributed by atoms with Crippen molar-refractivity contribution in [3.8, 4) is 0 Å². The molecule has 0 spiro atoms. The minimum atomic E-state index is -0.128. The number of fused-ring (bicyclic) bond motifs is 5. The van der Waals surface area contributed by atoms with Crippen LogP contribution in [0.4, 0.5) is 0 Å². The first-order valence-electron chi connectivity index (χ1n) is 9.38. The molecule has 1 N–H and O–H groups in total. The summed E-state index contributed by atoms with van der Waals surface area (Å²) in [7, 11) is 0. The average molecular weight is 482 g/mol. The van der Waals surface area contributed by atoms with E-state index in [2.05, 4.69) is 39.8 Å². The number of rotatable bonds is 0. The molecular weight excluding hydrogens is 452 g/mol. The Kier molecular flexibility index (Phi) is 3.76. The topological polar surface area (TPSA) is 20.2 Å². The van der Waals surface area contributed by atoms with E-state index >= 15 is 0 Å². The Balaban J connectivity index is 1.83. The Morgan fingerprint density at radius 1 is 1.22 bits per heavy atom. The molecule has 2 saturated carbocycles. The normalized spacial score (nSPS) is 52.2. The molecule has 1 nitrogen and oxygen atoms in total. The van der Waals surface area contributed by atoms with Crippen molar-refractivity contribution < 1.29 is 24.5 Å². The van der Waals surface area contributed by atoms with Crippen LogP contribution in [0.2, 0.25) is 0 Å². The van der Waals surface area contributed by atoms with E-state index in [1.807, 2.05) is 0 Å². The molecule has 4 rings (SSSR count). The van der Waals surface area contributed by atoms with Crippen LogP contribution in [0.5, 0.6) is 0 Å². The van der Waals surface area contributed by atoms with Crippen molar-refractivity contribution in [2.24, 2.45) is 34.5 Å². The second-order valence-electron chi connectivity index (χ2n) is 9.25. The van der Waals surface area contributed by atoms with Crippen LogP contribution in [0.25, 0.3) is 0 Å². The van der Waals surface area contributed by atoms with Crippen molar-refractivity contribution in [1.29, 1.82) is 0 Å². The Morgan fingerprint density at radius 2 is 1.96 bits per heavy atom. The summed E-state index contributed by atoms with van der Waals surface area (Å²) in [5.74, 6) is 2.52. The molecule has 0 saturated heterocycles. The van der Waals surface area contributed by atoms with Crippen LogP contribution in [-0.4, -0.2) is 15.1 Å². The van der Waals surface area contributed by atoms with Crippen LogP contribution in [-0.2, 0) is 19.4 Å². The van der Waals surface area contributed by atoms with E-state index in [1.54, 1.807) is 23.3 Å². The second-order valence-corrected chi connectivity index (χ2v) is 11.0. The van der Waals surface area contributed by atoms with Crippen molar-refractivity contribution in [2.75, 3.05) is 0 Å². The molecule has 0 bridgehead atoms. The number of allylic oxidation sites excluding steroid dienone is 4. The number of hydrogen-bond acceptors (Lipinski definition) is 1. The van der Waals surface area contributed by atoms with Crippen LogP contribution >= 0.6 is 0 Å². The molecule has 0 aromatic heterocycles. The fourth-order valence-electron chi connectivity index (χ4n) is 6.69. The summed E-state index contributed by atoms with van der Waals surface area (Å²) in [5.41, 5.74) is 3.55. The van der Waals surface area contributed by atoms with E-state index in [-0.39, 0.29) is 11.5 Å². The summed E-state index contributed by atoms with van der Waals surface area (Å²) >= 11 is 1.66. The standard InChI is InChI=1S/C21H30O.W/c1-13-7-9-21(4)15(10-13)11-14(2)18-16-6-5-8-20(16,3)12-17(22)19(18)21;/h10-11,14,16-19,22H,5-7,9,12H2,1-4H3;. The maximum absolute atomic E-state index is 11.3. The molecular formula is C21H30OW. The minimum absolute atomic E-state index is 0.128. The van der Waals surface area contributed by atoms with E-state index < -0.39 is 0 Å². The van der Waals surface area contributed by atoms with Crippen molar-refractivity contribution in [3.05, 3.63) is 23.3 Å². The Bertz CT molecular complexity index is 617. The SMILES string of the molecule is CC1=CC2=CC(C)C3C4CC[C](=[W])C4(C)CC(O)C3C2(C)CC1. The zero-order valence-corrected chi connectivity index (χ0v) is 17.9. The molecule has 0 aromatic rings. The molecule has 126 valence electrons. The summed E-state index contributed by atoms with van der Waals surface area (Å²) in [6.07, 6.45) is 11.0. The summed E-state index contributed by atoms with van der Waals surface area (Å²) in [6.45, 7) is 9.60. The van der Waals surface area contributed by atoms with Gasteiger partial charge in [-0.3, -0.25) is 0 Å². The van der Waals surface area contributed by atoms with E-state index in [9.17, 15) is 5.11 Å². The van der Waals surface area contributed by atoms with Crippen LogP contribution < -0.4 is 0 Å². The van der Waals surface area contributed by atoms with Gasteiger partial charge in [-0.15, -0.1) is 0 Å². The molecule has 2 heteroatoms. The zero-order chi connectivity index (χ0) is 16.6. The third kappa shape index (κ3) is 2.15. The molecule has 7 unspecified atom stereocenters. The fourth-order valence-corrected chi connectivity index (χ4v) is 7.95. The molecule has 4 aliphatic carbocycles. The van der Waals surface area contributed by atoms with Gasteiger partial charge in [0.05, 0.1) is 0 Å². The molecule has 0 radical (unpaired) electrons. The van der Waals surface area contributed by atoms with Gasteiger partial charge in [0, 0.05) is 0 Å². The first-order valence-corrected chi connectivity index (χ1v) is 10.8. The summed E-state index contributed by atoms with van der Waals surface area (Å²) in [4.78, 5) is 0.